The van der Waals surface area contributed by atoms with Crippen molar-refractivity contribution in [1.29, 1.82) is 0 Å². The highest BCUT2D eigenvalue weighted by Crippen LogP contribution is 2.61. The smallest absolute Gasteiger partial charge is 0.299 e. The summed E-state index contributed by atoms with van der Waals surface area (Å²) in [6, 6.07) is 1.57. The monoisotopic (exact) mass is 545 g/mol. The first-order valence-corrected chi connectivity index (χ1v) is 14.1. The molecule has 14 heteroatoms. The summed E-state index contributed by atoms with van der Waals surface area (Å²) in [7, 11) is 0. The average molecular weight is 548 g/mol. The maximum atomic E-state index is 11.3. The molecule has 1 aliphatic rings. The molecule has 0 spiro atoms. The lowest BCUT2D eigenvalue weighted by atomic mass is 10.0. The van der Waals surface area contributed by atoms with Gasteiger partial charge in [0.1, 0.15) is 16.1 Å². The molecule has 0 saturated carbocycles. The molecule has 0 radical (unpaired) electrons. The highest BCUT2D eigenvalue weighted by Gasteiger charge is 2.25. The van der Waals surface area contributed by atoms with Crippen molar-refractivity contribution in [1.82, 2.24) is 24.4 Å². The molecular formula is C17H17Cl5N5O3P. The minimum absolute atomic E-state index is 0.00215. The Balaban J connectivity index is 0.000000182. The van der Waals surface area contributed by atoms with E-state index in [1.54, 1.807) is 23.0 Å². The van der Waals surface area contributed by atoms with E-state index < -0.39 is 5.20 Å². The van der Waals surface area contributed by atoms with Gasteiger partial charge in [-0.1, -0.05) is 37.0 Å². The lowest BCUT2D eigenvalue weighted by molar-refractivity contribution is -0.118. The molecule has 0 bridgehead atoms. The maximum absolute atomic E-state index is 11.3. The molecule has 0 unspecified atom stereocenters. The van der Waals surface area contributed by atoms with Gasteiger partial charge in [0.25, 0.3) is 5.91 Å². The van der Waals surface area contributed by atoms with E-state index in [9.17, 15) is 14.2 Å². The van der Waals surface area contributed by atoms with Crippen LogP contribution in [0.15, 0.2) is 18.5 Å². The van der Waals surface area contributed by atoms with Gasteiger partial charge in [-0.3, -0.25) is 14.2 Å². The summed E-state index contributed by atoms with van der Waals surface area (Å²) in [5, 5.41) is 5.71. The highest BCUT2D eigenvalue weighted by atomic mass is 36.0. The molecule has 1 aliphatic heterocycles. The Morgan fingerprint density at radius 3 is 2.16 bits per heavy atom. The van der Waals surface area contributed by atoms with E-state index in [0.717, 1.165) is 35.3 Å². The molecule has 8 nitrogen and oxygen atoms in total. The van der Waals surface area contributed by atoms with Gasteiger partial charge in [-0.05, 0) is 52.1 Å². The van der Waals surface area contributed by atoms with E-state index in [2.05, 4.69) is 48.9 Å². The first-order chi connectivity index (χ1) is 14.4. The summed E-state index contributed by atoms with van der Waals surface area (Å²) in [5.41, 5.74) is 3.56. The SMILES string of the molecule is CCc1cnn2c(Cl)cc(Cl)nc12.CCc1cnn2c1CC(=O)CC2=O.O=P(Cl)(Cl)Cl. The largest absolute Gasteiger partial charge is 0.339 e. The number of aromatic nitrogens is 5. The second kappa shape index (κ2) is 11.1. The van der Waals surface area contributed by atoms with Crippen LogP contribution in [0.4, 0.5) is 0 Å². The Morgan fingerprint density at radius 1 is 1.00 bits per heavy atom. The minimum Gasteiger partial charge on any atom is -0.299 e. The molecule has 0 atom stereocenters. The first-order valence-electron chi connectivity index (χ1n) is 8.92. The predicted molar refractivity (Wildman–Crippen MR) is 123 cm³/mol. The topological polar surface area (TPSA) is 99.2 Å². The summed E-state index contributed by atoms with van der Waals surface area (Å²) < 4.78 is 12.4. The van der Waals surface area contributed by atoms with Gasteiger partial charge in [-0.25, -0.2) is 14.2 Å². The Kier molecular flexibility index (Phi) is 9.37. The molecule has 31 heavy (non-hydrogen) atoms. The fourth-order valence-electron chi connectivity index (χ4n) is 2.79. The Labute approximate surface area is 202 Å². The number of ketones is 1. The second-order valence-electron chi connectivity index (χ2n) is 6.23. The lowest BCUT2D eigenvalue weighted by Crippen LogP contribution is -2.27. The van der Waals surface area contributed by atoms with Crippen LogP contribution in [0.2, 0.25) is 10.3 Å². The number of hydrogen-bond donors (Lipinski definition) is 0. The van der Waals surface area contributed by atoms with E-state index in [4.69, 9.17) is 23.2 Å². The molecule has 0 N–H and O–H groups in total. The van der Waals surface area contributed by atoms with Crippen molar-refractivity contribution >= 4 is 79.5 Å². The van der Waals surface area contributed by atoms with E-state index >= 15 is 0 Å². The van der Waals surface area contributed by atoms with Gasteiger partial charge < -0.3 is 0 Å². The second-order valence-corrected chi connectivity index (χ2v) is 13.6. The number of aryl methyl sites for hydroxylation is 2. The van der Waals surface area contributed by atoms with Gasteiger partial charge in [0.15, 0.2) is 5.65 Å². The molecule has 0 aromatic carbocycles. The van der Waals surface area contributed by atoms with Gasteiger partial charge >= 0.3 is 5.20 Å². The van der Waals surface area contributed by atoms with Crippen LogP contribution in [-0.2, 0) is 28.6 Å². The highest BCUT2D eigenvalue weighted by molar-refractivity contribution is 8.24. The van der Waals surface area contributed by atoms with Gasteiger partial charge in [0.05, 0.1) is 24.5 Å². The van der Waals surface area contributed by atoms with Gasteiger partial charge in [-0.2, -0.15) is 10.2 Å². The van der Waals surface area contributed by atoms with Gasteiger partial charge in [0, 0.05) is 18.1 Å². The third-order valence-electron chi connectivity index (χ3n) is 4.14. The third-order valence-corrected chi connectivity index (χ3v) is 4.60. The van der Waals surface area contributed by atoms with Crippen molar-refractivity contribution in [3.63, 3.8) is 0 Å². The first kappa shape index (κ1) is 26.1. The normalized spacial score (nSPS) is 13.3. The van der Waals surface area contributed by atoms with Crippen LogP contribution in [-0.4, -0.2) is 36.1 Å². The number of rotatable bonds is 2. The van der Waals surface area contributed by atoms with Crippen molar-refractivity contribution in [2.24, 2.45) is 0 Å². The van der Waals surface area contributed by atoms with E-state index in [0.29, 0.717) is 16.7 Å². The van der Waals surface area contributed by atoms with Crippen LogP contribution in [0.5, 0.6) is 0 Å². The number of hydrogen-bond acceptors (Lipinski definition) is 6. The zero-order valence-electron chi connectivity index (χ0n) is 16.4. The molecule has 0 aliphatic carbocycles. The molecular weight excluding hydrogens is 530 g/mol. The molecule has 0 saturated heterocycles. The van der Waals surface area contributed by atoms with Crippen LogP contribution in [0.25, 0.3) is 5.65 Å². The molecule has 3 aromatic heterocycles. The summed E-state index contributed by atoms with van der Waals surface area (Å²) >= 11 is 25.5. The number of halogens is 5. The van der Waals surface area contributed by atoms with Crippen molar-refractivity contribution in [2.75, 3.05) is 0 Å². The fourth-order valence-corrected chi connectivity index (χ4v) is 3.26. The molecule has 4 rings (SSSR count). The number of carbonyl (C=O) groups is 2. The van der Waals surface area contributed by atoms with Crippen molar-refractivity contribution in [2.45, 2.75) is 39.5 Å². The number of fused-ring (bicyclic) bond motifs is 2. The summed E-state index contributed by atoms with van der Waals surface area (Å²) in [5.74, 6) is -0.210. The van der Waals surface area contributed by atoms with E-state index in [1.807, 2.05) is 13.8 Å². The van der Waals surface area contributed by atoms with Crippen molar-refractivity contribution < 1.29 is 14.2 Å². The molecule has 4 heterocycles. The molecule has 3 aromatic rings. The maximum Gasteiger partial charge on any atom is 0.339 e. The van der Waals surface area contributed by atoms with Crippen LogP contribution in [0, 0.1) is 0 Å². The Bertz CT molecular complexity index is 1150. The Hall–Kier alpha value is -1.15. The van der Waals surface area contributed by atoms with E-state index in [-0.39, 0.29) is 18.1 Å². The lowest BCUT2D eigenvalue weighted by Gasteiger charge is -2.11. The van der Waals surface area contributed by atoms with Crippen LogP contribution in [0.3, 0.4) is 0 Å². The van der Waals surface area contributed by atoms with Crippen LogP contribution >= 0.6 is 62.1 Å². The minimum atomic E-state index is -3.22. The fraction of sp³-hybridized carbons (Fsp3) is 0.353. The molecule has 0 fully saturated rings. The molecule has 168 valence electrons. The zero-order valence-corrected chi connectivity index (χ0v) is 21.0. The van der Waals surface area contributed by atoms with Gasteiger partial charge in [-0.15, -0.1) is 0 Å². The molecule has 0 amide bonds. The standard InChI is InChI=1S/C9H10N2O2.C8H7Cl2N3.Cl3OP/c1-2-6-5-10-11-8(6)3-7(12)4-9(11)13;1-2-5-4-11-13-7(10)3-6(9)12-8(5)13;1-5(2,3)4/h5H,2-4H2,1H3;3-4H,2H2,1H3;. The van der Waals surface area contributed by atoms with Crippen molar-refractivity contribution in [3.8, 4) is 0 Å². The quantitative estimate of drug-likeness (QED) is 0.221. The summed E-state index contributed by atoms with van der Waals surface area (Å²) in [4.78, 5) is 26.6. The van der Waals surface area contributed by atoms with Gasteiger partial charge in [0.2, 0.25) is 0 Å². The average Bonchev–Trinajstić information content (AvgIpc) is 3.24. The third kappa shape index (κ3) is 7.45. The van der Waals surface area contributed by atoms with Crippen LogP contribution in [0.1, 0.15) is 41.9 Å². The predicted octanol–water partition coefficient (Wildman–Crippen LogP) is 6.01. The summed E-state index contributed by atoms with van der Waals surface area (Å²) in [6.45, 7) is 4.02. The van der Waals surface area contributed by atoms with Crippen LogP contribution < -0.4 is 0 Å². The van der Waals surface area contributed by atoms with E-state index in [1.165, 1.54) is 4.68 Å². The Morgan fingerprint density at radius 2 is 1.58 bits per heavy atom. The number of nitrogens with zero attached hydrogens (tertiary/aromatic N) is 5. The van der Waals surface area contributed by atoms with Crippen molar-refractivity contribution in [3.05, 3.63) is 45.6 Å². The number of Topliss-reactive ketones (excluding diaryl/α,β-unsaturated/α-hetero) is 1. The number of carbonyl (C=O) groups excluding carboxylic acids is 2. The summed E-state index contributed by atoms with van der Waals surface area (Å²) in [6.07, 6.45) is 5.46. The zero-order chi connectivity index (χ0) is 23.3.